The van der Waals surface area contributed by atoms with Crippen molar-refractivity contribution in [3.8, 4) is 0 Å². The van der Waals surface area contributed by atoms with Crippen LogP contribution in [0.5, 0.6) is 0 Å². The predicted molar refractivity (Wildman–Crippen MR) is 101 cm³/mol. The van der Waals surface area contributed by atoms with Gasteiger partial charge in [-0.3, -0.25) is 9.59 Å². The normalized spacial score (nSPS) is 12.5. The van der Waals surface area contributed by atoms with E-state index in [0.29, 0.717) is 12.0 Å². The van der Waals surface area contributed by atoms with Crippen LogP contribution in [0.25, 0.3) is 11.6 Å². The summed E-state index contributed by atoms with van der Waals surface area (Å²) in [6.45, 7) is 3.99. The maximum Gasteiger partial charge on any atom is 0.316 e. The summed E-state index contributed by atoms with van der Waals surface area (Å²) in [4.78, 5) is 25.5. The van der Waals surface area contributed by atoms with Gasteiger partial charge in [0.05, 0.1) is 6.61 Å². The average Bonchev–Trinajstić information content (AvgIpc) is 2.65. The van der Waals surface area contributed by atoms with Gasteiger partial charge in [0, 0.05) is 5.57 Å². The van der Waals surface area contributed by atoms with Gasteiger partial charge in [0.1, 0.15) is 5.92 Å². The Hall–Kier alpha value is -2.68. The highest BCUT2D eigenvalue weighted by Crippen LogP contribution is 2.25. The monoisotopic (exact) mass is 336 g/mol. The highest BCUT2D eigenvalue weighted by Gasteiger charge is 2.30. The van der Waals surface area contributed by atoms with Crippen LogP contribution in [0.3, 0.4) is 0 Å². The summed E-state index contributed by atoms with van der Waals surface area (Å²) in [6.07, 6.45) is 3.07. The first-order chi connectivity index (χ1) is 12.2. The first kappa shape index (κ1) is 18.7. The summed E-state index contributed by atoms with van der Waals surface area (Å²) in [5, 5.41) is 0. The van der Waals surface area contributed by atoms with Gasteiger partial charge in [-0.05, 0) is 30.5 Å². The maximum atomic E-state index is 13.2. The number of rotatable bonds is 8. The molecule has 0 bridgehead atoms. The average molecular weight is 336 g/mol. The molecule has 0 radical (unpaired) electrons. The molecule has 0 amide bonds. The molecule has 3 heteroatoms. The van der Waals surface area contributed by atoms with E-state index in [4.69, 9.17) is 4.74 Å². The number of ketones is 1. The van der Waals surface area contributed by atoms with Crippen LogP contribution in [0.2, 0.25) is 0 Å². The summed E-state index contributed by atoms with van der Waals surface area (Å²) < 4.78 is 5.13. The number of benzene rings is 2. The van der Waals surface area contributed by atoms with Crippen LogP contribution in [-0.4, -0.2) is 18.4 Å². The summed E-state index contributed by atoms with van der Waals surface area (Å²) >= 11 is 0. The Kier molecular flexibility index (Phi) is 7.15. The highest BCUT2D eigenvalue weighted by atomic mass is 16.5. The molecule has 130 valence electrons. The molecular weight excluding hydrogens is 312 g/mol. The first-order valence-electron chi connectivity index (χ1n) is 8.70. The van der Waals surface area contributed by atoms with Crippen molar-refractivity contribution in [3.05, 3.63) is 71.8 Å². The third-order valence-electron chi connectivity index (χ3n) is 3.93. The van der Waals surface area contributed by atoms with Crippen molar-refractivity contribution < 1.29 is 14.3 Å². The van der Waals surface area contributed by atoms with Crippen molar-refractivity contribution in [2.24, 2.45) is 5.92 Å². The third kappa shape index (κ3) is 5.15. The largest absolute Gasteiger partial charge is 0.465 e. The van der Waals surface area contributed by atoms with Gasteiger partial charge < -0.3 is 4.74 Å². The van der Waals surface area contributed by atoms with Crippen LogP contribution in [0, 0.1) is 5.92 Å². The third-order valence-corrected chi connectivity index (χ3v) is 3.93. The molecule has 0 aliphatic carbocycles. The van der Waals surface area contributed by atoms with E-state index < -0.39 is 11.9 Å². The fourth-order valence-corrected chi connectivity index (χ4v) is 2.71. The number of carbonyl (C=O) groups is 2. The molecule has 0 aliphatic heterocycles. The smallest absolute Gasteiger partial charge is 0.316 e. The van der Waals surface area contributed by atoms with E-state index in [-0.39, 0.29) is 12.4 Å². The number of hydrogen-bond donors (Lipinski definition) is 0. The number of Topliss-reactive ketones (excluding diaryl/α,β-unsaturated/α-hetero) is 1. The van der Waals surface area contributed by atoms with E-state index in [1.54, 1.807) is 6.92 Å². The standard InChI is InChI=1S/C22H24O3/c1-3-11-19(22(24)25-4-2)21(23)20(18-14-9-6-10-15-18)16-17-12-7-5-8-13-17/h5-10,12-16,19H,3-4,11H2,1-2H3/b20-16+. The van der Waals surface area contributed by atoms with Crippen LogP contribution in [0.15, 0.2) is 60.7 Å². The fraction of sp³-hybridized carbons (Fsp3) is 0.273. The molecule has 0 spiro atoms. The zero-order valence-electron chi connectivity index (χ0n) is 14.8. The highest BCUT2D eigenvalue weighted by molar-refractivity contribution is 6.30. The molecule has 1 atom stereocenters. The topological polar surface area (TPSA) is 43.4 Å². The molecule has 0 saturated carbocycles. The van der Waals surface area contributed by atoms with Gasteiger partial charge in [-0.25, -0.2) is 0 Å². The number of allylic oxidation sites excluding steroid dienone is 1. The number of ether oxygens (including phenoxy) is 1. The lowest BCUT2D eigenvalue weighted by molar-refractivity contribution is -0.150. The van der Waals surface area contributed by atoms with Crippen LogP contribution >= 0.6 is 0 Å². The van der Waals surface area contributed by atoms with Crippen LogP contribution in [0.1, 0.15) is 37.8 Å². The van der Waals surface area contributed by atoms with Gasteiger partial charge in [0.2, 0.25) is 0 Å². The zero-order chi connectivity index (χ0) is 18.1. The molecule has 3 nitrogen and oxygen atoms in total. The Labute approximate surface area is 149 Å². The van der Waals surface area contributed by atoms with E-state index in [1.807, 2.05) is 73.7 Å². The van der Waals surface area contributed by atoms with Crippen molar-refractivity contribution in [2.45, 2.75) is 26.7 Å². The minimum absolute atomic E-state index is 0.185. The molecule has 0 N–H and O–H groups in total. The lowest BCUT2D eigenvalue weighted by Gasteiger charge is -2.16. The Morgan fingerprint density at radius 3 is 2.12 bits per heavy atom. The minimum Gasteiger partial charge on any atom is -0.465 e. The van der Waals surface area contributed by atoms with Crippen molar-refractivity contribution in [1.82, 2.24) is 0 Å². The van der Waals surface area contributed by atoms with Crippen LogP contribution in [-0.2, 0) is 14.3 Å². The molecule has 2 aromatic carbocycles. The van der Waals surface area contributed by atoms with Crippen molar-refractivity contribution in [3.63, 3.8) is 0 Å². The molecule has 2 rings (SSSR count). The quantitative estimate of drug-likeness (QED) is 0.302. The Morgan fingerprint density at radius 1 is 0.960 bits per heavy atom. The lowest BCUT2D eigenvalue weighted by Crippen LogP contribution is -2.27. The second-order valence-corrected chi connectivity index (χ2v) is 5.79. The van der Waals surface area contributed by atoms with Crippen LogP contribution in [0.4, 0.5) is 0 Å². The minimum atomic E-state index is -0.764. The Bertz CT molecular complexity index is 717. The van der Waals surface area contributed by atoms with Crippen molar-refractivity contribution >= 4 is 23.4 Å². The van der Waals surface area contributed by atoms with Gasteiger partial charge in [-0.15, -0.1) is 0 Å². The number of hydrogen-bond acceptors (Lipinski definition) is 3. The predicted octanol–water partition coefficient (Wildman–Crippen LogP) is 4.78. The second kappa shape index (κ2) is 9.58. The van der Waals surface area contributed by atoms with Crippen molar-refractivity contribution in [2.75, 3.05) is 6.61 Å². The molecule has 25 heavy (non-hydrogen) atoms. The van der Waals surface area contributed by atoms with E-state index in [1.165, 1.54) is 0 Å². The second-order valence-electron chi connectivity index (χ2n) is 5.79. The summed E-state index contributed by atoms with van der Waals surface area (Å²) in [7, 11) is 0. The van der Waals surface area contributed by atoms with Gasteiger partial charge >= 0.3 is 5.97 Å². The molecule has 0 aliphatic rings. The van der Waals surface area contributed by atoms with Gasteiger partial charge in [-0.1, -0.05) is 74.0 Å². The molecular formula is C22H24O3. The molecule has 1 unspecified atom stereocenters. The maximum absolute atomic E-state index is 13.2. The molecule has 2 aromatic rings. The molecule has 0 heterocycles. The van der Waals surface area contributed by atoms with Gasteiger partial charge in [0.25, 0.3) is 0 Å². The van der Waals surface area contributed by atoms with E-state index >= 15 is 0 Å². The summed E-state index contributed by atoms with van der Waals surface area (Å²) in [5.41, 5.74) is 2.27. The molecule has 0 saturated heterocycles. The number of esters is 1. The zero-order valence-corrected chi connectivity index (χ0v) is 14.8. The lowest BCUT2D eigenvalue weighted by atomic mass is 9.88. The van der Waals surface area contributed by atoms with Gasteiger partial charge in [-0.2, -0.15) is 0 Å². The van der Waals surface area contributed by atoms with E-state index in [9.17, 15) is 9.59 Å². The fourth-order valence-electron chi connectivity index (χ4n) is 2.71. The van der Waals surface area contributed by atoms with E-state index in [2.05, 4.69) is 0 Å². The van der Waals surface area contributed by atoms with E-state index in [0.717, 1.165) is 17.5 Å². The van der Waals surface area contributed by atoms with Crippen LogP contribution < -0.4 is 0 Å². The Morgan fingerprint density at radius 2 is 1.56 bits per heavy atom. The summed E-state index contributed by atoms with van der Waals surface area (Å²) in [6, 6.07) is 19.1. The van der Waals surface area contributed by atoms with Gasteiger partial charge in [0.15, 0.2) is 5.78 Å². The molecule has 0 fully saturated rings. The van der Waals surface area contributed by atoms with Crippen molar-refractivity contribution in [1.29, 1.82) is 0 Å². The molecule has 0 aromatic heterocycles. The number of carbonyl (C=O) groups excluding carboxylic acids is 2. The SMILES string of the molecule is CCCC(C(=O)OCC)C(=O)/C(=C/c1ccccc1)c1ccccc1. The summed E-state index contributed by atoms with van der Waals surface area (Å²) in [5.74, 6) is -1.39. The Balaban J connectivity index is 2.45. The first-order valence-corrected chi connectivity index (χ1v) is 8.70.